The molecule has 0 saturated heterocycles. The standard InChI is InChI=1S/C14H11N5O2/c1-10(19(20)21)6-11-2-4-13(5-3-11)18-14(9-17)12(7-15)8-16/h2-5,10,18H,6H2,1H3. The molecule has 0 heterocycles. The van der Waals surface area contributed by atoms with Crippen molar-refractivity contribution in [3.63, 3.8) is 0 Å². The second-order valence-corrected chi connectivity index (χ2v) is 4.25. The maximum Gasteiger partial charge on any atom is 0.214 e. The second kappa shape index (κ2) is 7.28. The first-order valence-electron chi connectivity index (χ1n) is 5.95. The topological polar surface area (TPSA) is 127 Å². The Labute approximate surface area is 121 Å². The molecule has 1 aromatic carbocycles. The number of hydrogen-bond acceptors (Lipinski definition) is 6. The molecule has 0 fully saturated rings. The van der Waals surface area contributed by atoms with Crippen LogP contribution in [0.3, 0.4) is 0 Å². The van der Waals surface area contributed by atoms with Crippen molar-refractivity contribution in [2.24, 2.45) is 0 Å². The van der Waals surface area contributed by atoms with E-state index in [0.717, 1.165) is 5.56 Å². The van der Waals surface area contributed by atoms with Crippen LogP contribution >= 0.6 is 0 Å². The molecule has 0 spiro atoms. The van der Waals surface area contributed by atoms with Crippen molar-refractivity contribution in [1.82, 2.24) is 0 Å². The van der Waals surface area contributed by atoms with Crippen LogP contribution < -0.4 is 5.32 Å². The number of nitro groups is 1. The van der Waals surface area contributed by atoms with Crippen LogP contribution in [-0.2, 0) is 6.42 Å². The molecule has 0 aliphatic rings. The quantitative estimate of drug-likeness (QED) is 0.500. The molecular formula is C14H11N5O2. The van der Waals surface area contributed by atoms with Gasteiger partial charge in [-0.25, -0.2) is 0 Å². The summed E-state index contributed by atoms with van der Waals surface area (Å²) in [6, 6.07) is 11.0. The van der Waals surface area contributed by atoms with E-state index >= 15 is 0 Å². The van der Waals surface area contributed by atoms with Crippen molar-refractivity contribution in [2.45, 2.75) is 19.4 Å². The Morgan fingerprint density at radius 2 is 1.81 bits per heavy atom. The van der Waals surface area contributed by atoms with Crippen LogP contribution in [-0.4, -0.2) is 11.0 Å². The van der Waals surface area contributed by atoms with Gasteiger partial charge in [-0.15, -0.1) is 0 Å². The van der Waals surface area contributed by atoms with E-state index in [1.165, 1.54) is 6.92 Å². The molecule has 0 aliphatic carbocycles. The summed E-state index contributed by atoms with van der Waals surface area (Å²) in [4.78, 5) is 10.2. The number of benzene rings is 1. The molecule has 0 radical (unpaired) electrons. The average molecular weight is 281 g/mol. The number of hydrogen-bond donors (Lipinski definition) is 1. The molecule has 0 aromatic heterocycles. The van der Waals surface area contributed by atoms with Crippen molar-refractivity contribution in [1.29, 1.82) is 15.8 Å². The number of allylic oxidation sites excluding steroid dienone is 2. The molecule has 7 heteroatoms. The number of nitrogens with one attached hydrogen (secondary N) is 1. The van der Waals surface area contributed by atoms with E-state index in [1.54, 1.807) is 42.5 Å². The van der Waals surface area contributed by atoms with Crippen molar-refractivity contribution in [3.05, 3.63) is 51.2 Å². The molecule has 1 unspecified atom stereocenters. The summed E-state index contributed by atoms with van der Waals surface area (Å²) in [6.07, 6.45) is 0.301. The molecule has 0 amide bonds. The molecule has 0 aliphatic heterocycles. The molecule has 7 nitrogen and oxygen atoms in total. The normalized spacial score (nSPS) is 10.4. The molecule has 1 rings (SSSR count). The van der Waals surface area contributed by atoms with Gasteiger partial charge in [-0.05, 0) is 17.7 Å². The number of rotatable bonds is 5. The second-order valence-electron chi connectivity index (χ2n) is 4.25. The molecule has 21 heavy (non-hydrogen) atoms. The first-order chi connectivity index (χ1) is 10.0. The van der Waals surface area contributed by atoms with Gasteiger partial charge in [0.1, 0.15) is 23.9 Å². The third kappa shape index (κ3) is 4.34. The van der Waals surface area contributed by atoms with Crippen molar-refractivity contribution in [3.8, 4) is 18.2 Å². The predicted molar refractivity (Wildman–Crippen MR) is 74.1 cm³/mol. The van der Waals surface area contributed by atoms with E-state index in [-0.39, 0.29) is 16.2 Å². The summed E-state index contributed by atoms with van der Waals surface area (Å²) in [5.41, 5.74) is 0.870. The zero-order valence-electron chi connectivity index (χ0n) is 11.2. The van der Waals surface area contributed by atoms with Gasteiger partial charge in [0, 0.05) is 24.0 Å². The molecule has 1 N–H and O–H groups in total. The lowest BCUT2D eigenvalue weighted by atomic mass is 10.1. The lowest BCUT2D eigenvalue weighted by molar-refractivity contribution is -0.517. The third-order valence-electron chi connectivity index (χ3n) is 2.70. The Morgan fingerprint density at radius 3 is 2.24 bits per heavy atom. The highest BCUT2D eigenvalue weighted by atomic mass is 16.6. The summed E-state index contributed by atoms with van der Waals surface area (Å²) in [6.45, 7) is 1.52. The van der Waals surface area contributed by atoms with Gasteiger partial charge in [-0.1, -0.05) is 12.1 Å². The van der Waals surface area contributed by atoms with E-state index in [1.807, 2.05) is 0 Å². The highest BCUT2D eigenvalue weighted by Crippen LogP contribution is 2.15. The number of nitrogens with zero attached hydrogens (tertiary/aromatic N) is 4. The van der Waals surface area contributed by atoms with Crippen LogP contribution in [0.1, 0.15) is 12.5 Å². The molecule has 1 aromatic rings. The van der Waals surface area contributed by atoms with Crippen LogP contribution in [0.5, 0.6) is 0 Å². The van der Waals surface area contributed by atoms with Gasteiger partial charge in [0.2, 0.25) is 6.04 Å². The van der Waals surface area contributed by atoms with Gasteiger partial charge < -0.3 is 5.32 Å². The number of nitriles is 3. The van der Waals surface area contributed by atoms with E-state index in [9.17, 15) is 10.1 Å². The van der Waals surface area contributed by atoms with Crippen molar-refractivity contribution < 1.29 is 4.92 Å². The SMILES string of the molecule is CC(Cc1ccc(NC(C#N)=C(C#N)C#N)cc1)[N+](=O)[O-]. The Bertz CT molecular complexity index is 670. The van der Waals surface area contributed by atoms with Crippen molar-refractivity contribution >= 4 is 5.69 Å². The van der Waals surface area contributed by atoms with Crippen LogP contribution in [0.2, 0.25) is 0 Å². The molecule has 0 bridgehead atoms. The Morgan fingerprint density at radius 1 is 1.24 bits per heavy atom. The first-order valence-corrected chi connectivity index (χ1v) is 5.95. The lowest BCUT2D eigenvalue weighted by Gasteiger charge is -2.07. The maximum absolute atomic E-state index is 10.6. The fraction of sp³-hybridized carbons (Fsp3) is 0.214. The van der Waals surface area contributed by atoms with E-state index < -0.39 is 6.04 Å². The lowest BCUT2D eigenvalue weighted by Crippen LogP contribution is -2.17. The fourth-order valence-corrected chi connectivity index (χ4v) is 1.57. The van der Waals surface area contributed by atoms with Crippen LogP contribution in [0.4, 0.5) is 5.69 Å². The summed E-state index contributed by atoms with van der Waals surface area (Å²) in [5, 5.41) is 39.6. The minimum absolute atomic E-state index is 0.133. The van der Waals surface area contributed by atoms with E-state index in [0.29, 0.717) is 12.1 Å². The summed E-state index contributed by atoms with van der Waals surface area (Å²) in [5.74, 6) is 0. The Balaban J connectivity index is 2.88. The van der Waals surface area contributed by atoms with E-state index in [2.05, 4.69) is 5.32 Å². The maximum atomic E-state index is 10.6. The van der Waals surface area contributed by atoms with Crippen LogP contribution in [0.15, 0.2) is 35.5 Å². The molecule has 1 atom stereocenters. The van der Waals surface area contributed by atoms with E-state index in [4.69, 9.17) is 15.8 Å². The van der Waals surface area contributed by atoms with Gasteiger partial charge in [0.25, 0.3) is 0 Å². The minimum atomic E-state index is -0.679. The summed E-state index contributed by atoms with van der Waals surface area (Å²) < 4.78 is 0. The van der Waals surface area contributed by atoms with Crippen molar-refractivity contribution in [2.75, 3.05) is 5.32 Å². The molecule has 104 valence electrons. The Hall–Kier alpha value is -3.37. The Kier molecular flexibility index (Phi) is 5.43. The molecular weight excluding hydrogens is 270 g/mol. The van der Waals surface area contributed by atoms with Gasteiger partial charge >= 0.3 is 0 Å². The predicted octanol–water partition coefficient (Wildman–Crippen LogP) is 2.13. The van der Waals surface area contributed by atoms with Gasteiger partial charge in [-0.3, -0.25) is 10.1 Å². The zero-order chi connectivity index (χ0) is 15.8. The monoisotopic (exact) mass is 281 g/mol. The van der Waals surface area contributed by atoms with Gasteiger partial charge in [0.15, 0.2) is 5.57 Å². The fourth-order valence-electron chi connectivity index (χ4n) is 1.57. The van der Waals surface area contributed by atoms with Crippen LogP contribution in [0.25, 0.3) is 0 Å². The smallest absolute Gasteiger partial charge is 0.214 e. The van der Waals surface area contributed by atoms with Crippen LogP contribution in [0, 0.1) is 44.1 Å². The summed E-state index contributed by atoms with van der Waals surface area (Å²) in [7, 11) is 0. The minimum Gasteiger partial charge on any atom is -0.345 e. The molecule has 0 saturated carbocycles. The van der Waals surface area contributed by atoms with Gasteiger partial charge in [-0.2, -0.15) is 15.8 Å². The zero-order valence-corrected chi connectivity index (χ0v) is 11.2. The third-order valence-corrected chi connectivity index (χ3v) is 2.70. The first kappa shape index (κ1) is 15.7. The highest BCUT2D eigenvalue weighted by Gasteiger charge is 2.13. The highest BCUT2D eigenvalue weighted by molar-refractivity contribution is 5.58. The average Bonchev–Trinajstić information content (AvgIpc) is 2.48. The number of anilines is 1. The summed E-state index contributed by atoms with van der Waals surface area (Å²) >= 11 is 0. The largest absolute Gasteiger partial charge is 0.345 e. The van der Waals surface area contributed by atoms with Gasteiger partial charge in [0.05, 0.1) is 0 Å².